The summed E-state index contributed by atoms with van der Waals surface area (Å²) in [6.45, 7) is 7.26. The number of aromatic nitrogens is 3. The number of carbonyl (C=O) groups excluding carboxylic acids is 2. The number of benzene rings is 1. The quantitative estimate of drug-likeness (QED) is 0.839. The molecule has 2 aliphatic rings. The summed E-state index contributed by atoms with van der Waals surface area (Å²) < 4.78 is 2.20. The zero-order chi connectivity index (χ0) is 21.3. The van der Waals surface area contributed by atoms with Gasteiger partial charge in [-0.2, -0.15) is 0 Å². The highest BCUT2D eigenvalue weighted by molar-refractivity contribution is 5.98. The standard InChI is InChI=1S/C23H31N5O2/c1-23(2,3)22(30)27-14-8-11-18(27)21(29)24-17-10-7-9-16(15-17)20-26-25-19-12-5-4-6-13-28(19)20/h7,9-10,15,18H,4-6,8,11-14H2,1-3H3,(H,24,29). The Balaban J connectivity index is 1.52. The molecule has 160 valence electrons. The molecule has 0 spiro atoms. The number of nitrogens with one attached hydrogen (secondary N) is 1. The Hall–Kier alpha value is -2.70. The predicted octanol–water partition coefficient (Wildman–Crippen LogP) is 3.65. The number of rotatable bonds is 3. The van der Waals surface area contributed by atoms with Gasteiger partial charge in [0, 0.05) is 36.2 Å². The predicted molar refractivity (Wildman–Crippen MR) is 116 cm³/mol. The van der Waals surface area contributed by atoms with Crippen LogP contribution in [0.5, 0.6) is 0 Å². The number of aryl methyl sites for hydroxylation is 1. The summed E-state index contributed by atoms with van der Waals surface area (Å²) in [6, 6.07) is 7.35. The molecule has 7 nitrogen and oxygen atoms in total. The monoisotopic (exact) mass is 409 g/mol. The molecule has 0 radical (unpaired) electrons. The van der Waals surface area contributed by atoms with Crippen LogP contribution < -0.4 is 5.32 Å². The topological polar surface area (TPSA) is 80.1 Å². The van der Waals surface area contributed by atoms with Crippen LogP contribution in [0, 0.1) is 5.41 Å². The number of hydrogen-bond donors (Lipinski definition) is 1. The smallest absolute Gasteiger partial charge is 0.247 e. The lowest BCUT2D eigenvalue weighted by molar-refractivity contribution is -0.143. The van der Waals surface area contributed by atoms with E-state index in [1.165, 1.54) is 6.42 Å². The molecule has 1 fully saturated rings. The van der Waals surface area contributed by atoms with Crippen molar-refractivity contribution in [3.63, 3.8) is 0 Å². The van der Waals surface area contributed by atoms with E-state index in [0.717, 1.165) is 55.1 Å². The number of anilines is 1. The molecule has 1 saturated heterocycles. The molecule has 0 aliphatic carbocycles. The number of hydrogen-bond acceptors (Lipinski definition) is 4. The molecule has 7 heteroatoms. The molecule has 0 bridgehead atoms. The second kappa shape index (κ2) is 8.20. The van der Waals surface area contributed by atoms with E-state index in [-0.39, 0.29) is 11.8 Å². The Morgan fingerprint density at radius 3 is 2.70 bits per heavy atom. The van der Waals surface area contributed by atoms with Crippen molar-refractivity contribution in [2.24, 2.45) is 5.41 Å². The van der Waals surface area contributed by atoms with Crippen molar-refractivity contribution in [2.75, 3.05) is 11.9 Å². The number of nitrogens with zero attached hydrogens (tertiary/aromatic N) is 4. The summed E-state index contributed by atoms with van der Waals surface area (Å²) in [5.41, 5.74) is 1.18. The minimum Gasteiger partial charge on any atom is -0.330 e. The van der Waals surface area contributed by atoms with Crippen LogP contribution in [-0.2, 0) is 22.6 Å². The van der Waals surface area contributed by atoms with Crippen molar-refractivity contribution in [1.82, 2.24) is 19.7 Å². The maximum absolute atomic E-state index is 13.0. The lowest BCUT2D eigenvalue weighted by Gasteiger charge is -2.30. The highest BCUT2D eigenvalue weighted by atomic mass is 16.2. The first-order chi connectivity index (χ1) is 14.3. The fourth-order valence-electron chi connectivity index (χ4n) is 4.37. The van der Waals surface area contributed by atoms with Crippen molar-refractivity contribution >= 4 is 17.5 Å². The Kier molecular flexibility index (Phi) is 5.62. The fraction of sp³-hybridized carbons (Fsp3) is 0.565. The average Bonchev–Trinajstić information content (AvgIpc) is 3.28. The summed E-state index contributed by atoms with van der Waals surface area (Å²) in [7, 11) is 0. The maximum Gasteiger partial charge on any atom is 0.247 e. The van der Waals surface area contributed by atoms with Crippen LogP contribution in [0.2, 0.25) is 0 Å². The molecule has 1 atom stereocenters. The van der Waals surface area contributed by atoms with Gasteiger partial charge in [0.1, 0.15) is 11.9 Å². The van der Waals surface area contributed by atoms with E-state index < -0.39 is 11.5 Å². The molecule has 1 aromatic heterocycles. The first-order valence-electron chi connectivity index (χ1n) is 11.0. The Labute approximate surface area is 177 Å². The van der Waals surface area contributed by atoms with Gasteiger partial charge in [-0.05, 0) is 37.8 Å². The first-order valence-corrected chi connectivity index (χ1v) is 11.0. The van der Waals surface area contributed by atoms with E-state index in [4.69, 9.17) is 0 Å². The fourth-order valence-corrected chi connectivity index (χ4v) is 4.37. The number of fused-ring (bicyclic) bond motifs is 1. The second-order valence-electron chi connectivity index (χ2n) is 9.38. The molecular formula is C23H31N5O2. The SMILES string of the molecule is CC(C)(C)C(=O)N1CCCC1C(=O)Nc1cccc(-c2nnc3n2CCCCC3)c1. The van der Waals surface area contributed by atoms with Gasteiger partial charge in [0.25, 0.3) is 0 Å². The average molecular weight is 410 g/mol. The van der Waals surface area contributed by atoms with E-state index in [9.17, 15) is 9.59 Å². The van der Waals surface area contributed by atoms with Gasteiger partial charge in [0.2, 0.25) is 11.8 Å². The summed E-state index contributed by atoms with van der Waals surface area (Å²) >= 11 is 0. The third-order valence-corrected chi connectivity index (χ3v) is 5.96. The van der Waals surface area contributed by atoms with Gasteiger partial charge in [-0.25, -0.2) is 0 Å². The van der Waals surface area contributed by atoms with Crippen molar-refractivity contribution in [3.8, 4) is 11.4 Å². The minimum absolute atomic E-state index is 0.0278. The van der Waals surface area contributed by atoms with Crippen LogP contribution >= 0.6 is 0 Å². The minimum atomic E-state index is -0.492. The Morgan fingerprint density at radius 2 is 1.90 bits per heavy atom. The number of likely N-dealkylation sites (tertiary alicyclic amines) is 1. The highest BCUT2D eigenvalue weighted by Gasteiger charge is 2.38. The van der Waals surface area contributed by atoms with Gasteiger partial charge >= 0.3 is 0 Å². The van der Waals surface area contributed by atoms with E-state index in [1.807, 2.05) is 45.0 Å². The highest BCUT2D eigenvalue weighted by Crippen LogP contribution is 2.28. The third kappa shape index (κ3) is 4.11. The molecule has 0 saturated carbocycles. The molecule has 1 N–H and O–H groups in total. The molecule has 1 aromatic carbocycles. The van der Waals surface area contributed by atoms with Crippen LogP contribution in [0.25, 0.3) is 11.4 Å². The van der Waals surface area contributed by atoms with Crippen LogP contribution in [0.15, 0.2) is 24.3 Å². The Morgan fingerprint density at radius 1 is 1.07 bits per heavy atom. The van der Waals surface area contributed by atoms with Crippen LogP contribution in [-0.4, -0.2) is 44.1 Å². The van der Waals surface area contributed by atoms with E-state index in [1.54, 1.807) is 4.90 Å². The molecule has 1 unspecified atom stereocenters. The summed E-state index contributed by atoms with van der Waals surface area (Å²) in [6.07, 6.45) is 6.01. The van der Waals surface area contributed by atoms with Crippen LogP contribution in [0.3, 0.4) is 0 Å². The Bertz CT molecular complexity index is 943. The van der Waals surface area contributed by atoms with E-state index >= 15 is 0 Å². The lowest BCUT2D eigenvalue weighted by atomic mass is 9.94. The zero-order valence-electron chi connectivity index (χ0n) is 18.1. The zero-order valence-corrected chi connectivity index (χ0v) is 18.1. The van der Waals surface area contributed by atoms with E-state index in [0.29, 0.717) is 13.0 Å². The molecule has 2 amide bonds. The normalized spacial score (nSPS) is 19.3. The second-order valence-corrected chi connectivity index (χ2v) is 9.38. The summed E-state index contributed by atoms with van der Waals surface area (Å²) in [4.78, 5) is 27.5. The van der Waals surface area contributed by atoms with Gasteiger partial charge < -0.3 is 14.8 Å². The third-order valence-electron chi connectivity index (χ3n) is 5.96. The largest absolute Gasteiger partial charge is 0.330 e. The van der Waals surface area contributed by atoms with Crippen molar-refractivity contribution in [1.29, 1.82) is 0 Å². The van der Waals surface area contributed by atoms with Gasteiger partial charge in [0.05, 0.1) is 0 Å². The summed E-state index contributed by atoms with van der Waals surface area (Å²) in [5, 5.41) is 11.8. The molecule has 30 heavy (non-hydrogen) atoms. The van der Waals surface area contributed by atoms with Gasteiger partial charge in [-0.3, -0.25) is 9.59 Å². The molecule has 4 rings (SSSR count). The number of amides is 2. The van der Waals surface area contributed by atoms with E-state index in [2.05, 4.69) is 20.1 Å². The molecule has 2 aliphatic heterocycles. The summed E-state index contributed by atoms with van der Waals surface area (Å²) in [5.74, 6) is 1.80. The van der Waals surface area contributed by atoms with Crippen LogP contribution in [0.4, 0.5) is 5.69 Å². The first kappa shape index (κ1) is 20.6. The van der Waals surface area contributed by atoms with Gasteiger partial charge in [0.15, 0.2) is 5.82 Å². The van der Waals surface area contributed by atoms with Gasteiger partial charge in [-0.1, -0.05) is 39.3 Å². The number of carbonyl (C=O) groups is 2. The van der Waals surface area contributed by atoms with Crippen LogP contribution in [0.1, 0.15) is 58.7 Å². The maximum atomic E-state index is 13.0. The molecule has 2 aromatic rings. The van der Waals surface area contributed by atoms with Crippen molar-refractivity contribution < 1.29 is 9.59 Å². The molecule has 3 heterocycles. The lowest BCUT2D eigenvalue weighted by Crippen LogP contribution is -2.47. The van der Waals surface area contributed by atoms with Gasteiger partial charge in [-0.15, -0.1) is 10.2 Å². The van der Waals surface area contributed by atoms with Crippen molar-refractivity contribution in [2.45, 2.75) is 71.9 Å². The van der Waals surface area contributed by atoms with Crippen molar-refractivity contribution in [3.05, 3.63) is 30.1 Å². The molecular weight excluding hydrogens is 378 g/mol.